The monoisotopic (exact) mass is 114 g/mol. The highest BCUT2D eigenvalue weighted by molar-refractivity contribution is 4.76. The van der Waals surface area contributed by atoms with Crippen LogP contribution < -0.4 is 10.9 Å². The zero-order chi connectivity index (χ0) is 5.98. The van der Waals surface area contributed by atoms with Gasteiger partial charge in [-0.05, 0) is 12.3 Å². The van der Waals surface area contributed by atoms with Crippen molar-refractivity contribution < 1.29 is 0 Å². The van der Waals surface area contributed by atoms with Gasteiger partial charge in [-0.15, -0.1) is 0 Å². The minimum absolute atomic E-state index is 0.704. The predicted molar refractivity (Wildman–Crippen MR) is 34.4 cm³/mol. The van der Waals surface area contributed by atoms with Crippen LogP contribution in [0.25, 0.3) is 0 Å². The van der Waals surface area contributed by atoms with E-state index in [2.05, 4.69) is 24.7 Å². The average molecular weight is 114 g/mol. The Morgan fingerprint density at radius 2 is 2.38 bits per heavy atom. The summed E-state index contributed by atoms with van der Waals surface area (Å²) in [5.74, 6) is 0.806. The first-order valence-corrected chi connectivity index (χ1v) is 3.33. The van der Waals surface area contributed by atoms with Crippen LogP contribution in [0.1, 0.15) is 20.3 Å². The molecular formula is C6H14N2. The Morgan fingerprint density at radius 3 is 2.62 bits per heavy atom. The maximum atomic E-state index is 3.21. The molecule has 1 aliphatic rings. The van der Waals surface area contributed by atoms with Gasteiger partial charge in [-0.25, -0.2) is 0 Å². The highest BCUT2D eigenvalue weighted by Gasteiger charge is 2.19. The Balaban J connectivity index is 2.30. The van der Waals surface area contributed by atoms with Gasteiger partial charge in [0.1, 0.15) is 0 Å². The lowest BCUT2D eigenvalue weighted by molar-refractivity contribution is 0.472. The van der Waals surface area contributed by atoms with E-state index in [0.29, 0.717) is 6.04 Å². The van der Waals surface area contributed by atoms with Crippen molar-refractivity contribution in [3.05, 3.63) is 0 Å². The molecule has 0 aromatic rings. The first kappa shape index (κ1) is 6.05. The molecule has 0 radical (unpaired) electrons. The minimum Gasteiger partial charge on any atom is -0.257 e. The summed E-state index contributed by atoms with van der Waals surface area (Å²) in [6.45, 7) is 5.60. The fraction of sp³-hybridized carbons (Fsp3) is 1.00. The molecule has 1 rings (SSSR count). The maximum Gasteiger partial charge on any atom is 0.0248 e. The maximum absolute atomic E-state index is 3.21. The zero-order valence-corrected chi connectivity index (χ0v) is 5.57. The summed E-state index contributed by atoms with van der Waals surface area (Å²) in [6.07, 6.45) is 1.23. The van der Waals surface area contributed by atoms with Crippen molar-refractivity contribution in [2.24, 2.45) is 5.92 Å². The molecule has 1 fully saturated rings. The lowest BCUT2D eigenvalue weighted by Gasteiger charge is -2.09. The van der Waals surface area contributed by atoms with Gasteiger partial charge in [0.15, 0.2) is 0 Å². The van der Waals surface area contributed by atoms with E-state index in [1.54, 1.807) is 0 Å². The second-order valence-electron chi connectivity index (χ2n) is 2.52. The van der Waals surface area contributed by atoms with Crippen molar-refractivity contribution in [2.75, 3.05) is 6.54 Å². The highest BCUT2D eigenvalue weighted by Crippen LogP contribution is 2.08. The van der Waals surface area contributed by atoms with Gasteiger partial charge < -0.3 is 0 Å². The molecule has 0 spiro atoms. The van der Waals surface area contributed by atoms with Crippen LogP contribution in [0.15, 0.2) is 0 Å². The van der Waals surface area contributed by atoms with E-state index in [4.69, 9.17) is 0 Å². The van der Waals surface area contributed by atoms with Crippen LogP contribution in [-0.4, -0.2) is 12.6 Å². The molecule has 8 heavy (non-hydrogen) atoms. The predicted octanol–water partition coefficient (Wildman–Crippen LogP) is 0.509. The van der Waals surface area contributed by atoms with Gasteiger partial charge in [0.25, 0.3) is 0 Å². The van der Waals surface area contributed by atoms with Crippen molar-refractivity contribution in [1.82, 2.24) is 10.9 Å². The van der Waals surface area contributed by atoms with Crippen molar-refractivity contribution in [1.29, 1.82) is 0 Å². The molecule has 0 aliphatic carbocycles. The molecule has 0 bridgehead atoms. The average Bonchev–Trinajstić information content (AvgIpc) is 2.14. The largest absolute Gasteiger partial charge is 0.257 e. The van der Waals surface area contributed by atoms with Gasteiger partial charge in [0.2, 0.25) is 0 Å². The van der Waals surface area contributed by atoms with Crippen LogP contribution in [0, 0.1) is 5.92 Å². The molecule has 0 amide bonds. The quantitative estimate of drug-likeness (QED) is 0.519. The molecule has 48 valence electrons. The zero-order valence-electron chi connectivity index (χ0n) is 5.57. The molecule has 1 aliphatic heterocycles. The first-order chi connectivity index (χ1) is 3.84. The van der Waals surface area contributed by atoms with Crippen molar-refractivity contribution in [3.63, 3.8) is 0 Å². The number of hydrazine groups is 1. The Hall–Kier alpha value is -0.0800. The molecule has 2 heteroatoms. The normalized spacial score (nSPS) is 38.2. The van der Waals surface area contributed by atoms with Gasteiger partial charge in [0.05, 0.1) is 0 Å². The summed E-state index contributed by atoms with van der Waals surface area (Å²) in [6, 6.07) is 0.704. The van der Waals surface area contributed by atoms with Crippen molar-refractivity contribution in [3.8, 4) is 0 Å². The first-order valence-electron chi connectivity index (χ1n) is 3.33. The molecule has 2 N–H and O–H groups in total. The second-order valence-corrected chi connectivity index (χ2v) is 2.52. The summed E-state index contributed by atoms with van der Waals surface area (Å²) in [4.78, 5) is 0. The van der Waals surface area contributed by atoms with Gasteiger partial charge in [-0.1, -0.05) is 13.8 Å². The Labute approximate surface area is 50.6 Å². The Bertz CT molecular complexity index is 72.9. The second kappa shape index (κ2) is 2.46. The van der Waals surface area contributed by atoms with E-state index in [0.717, 1.165) is 12.5 Å². The SMILES string of the molecule is CCC1NNCC1C. The minimum atomic E-state index is 0.704. The summed E-state index contributed by atoms with van der Waals surface area (Å²) < 4.78 is 0. The number of rotatable bonds is 1. The van der Waals surface area contributed by atoms with E-state index >= 15 is 0 Å². The third kappa shape index (κ3) is 1.01. The number of hydrogen-bond acceptors (Lipinski definition) is 2. The van der Waals surface area contributed by atoms with Crippen LogP contribution >= 0.6 is 0 Å². The van der Waals surface area contributed by atoms with Gasteiger partial charge in [-0.2, -0.15) is 0 Å². The Kier molecular flexibility index (Phi) is 1.86. The van der Waals surface area contributed by atoms with Crippen LogP contribution in [0.4, 0.5) is 0 Å². The topological polar surface area (TPSA) is 24.1 Å². The van der Waals surface area contributed by atoms with Crippen LogP contribution in [-0.2, 0) is 0 Å². The number of hydrogen-bond donors (Lipinski definition) is 2. The van der Waals surface area contributed by atoms with E-state index < -0.39 is 0 Å². The van der Waals surface area contributed by atoms with Gasteiger partial charge in [0, 0.05) is 12.6 Å². The molecule has 0 saturated carbocycles. The summed E-state index contributed by atoms with van der Waals surface area (Å²) >= 11 is 0. The number of nitrogens with one attached hydrogen (secondary N) is 2. The summed E-state index contributed by atoms with van der Waals surface area (Å²) in [5, 5.41) is 0. The lowest BCUT2D eigenvalue weighted by Crippen LogP contribution is -2.30. The van der Waals surface area contributed by atoms with Crippen LogP contribution in [0.3, 0.4) is 0 Å². The fourth-order valence-corrected chi connectivity index (χ4v) is 1.14. The molecule has 2 nitrogen and oxygen atoms in total. The smallest absolute Gasteiger partial charge is 0.0248 e. The third-order valence-electron chi connectivity index (χ3n) is 1.84. The molecule has 2 unspecified atom stereocenters. The Morgan fingerprint density at radius 1 is 1.62 bits per heavy atom. The lowest BCUT2D eigenvalue weighted by atomic mass is 10.0. The van der Waals surface area contributed by atoms with E-state index in [-0.39, 0.29) is 0 Å². The van der Waals surface area contributed by atoms with Crippen molar-refractivity contribution in [2.45, 2.75) is 26.3 Å². The molecule has 1 saturated heterocycles. The third-order valence-corrected chi connectivity index (χ3v) is 1.84. The van der Waals surface area contributed by atoms with Crippen LogP contribution in [0.2, 0.25) is 0 Å². The molecule has 0 aromatic carbocycles. The summed E-state index contributed by atoms with van der Waals surface area (Å²) in [5.41, 5.74) is 6.33. The van der Waals surface area contributed by atoms with Crippen LogP contribution in [0.5, 0.6) is 0 Å². The standard InChI is InChI=1S/C6H14N2/c1-3-6-5(2)4-7-8-6/h5-8H,3-4H2,1-2H3. The molecule has 1 heterocycles. The highest BCUT2D eigenvalue weighted by atomic mass is 15.4. The van der Waals surface area contributed by atoms with Gasteiger partial charge >= 0.3 is 0 Å². The van der Waals surface area contributed by atoms with Gasteiger partial charge in [-0.3, -0.25) is 10.9 Å². The van der Waals surface area contributed by atoms with E-state index in [1.165, 1.54) is 6.42 Å². The molecule has 2 atom stereocenters. The molecular weight excluding hydrogens is 100 g/mol. The van der Waals surface area contributed by atoms with E-state index in [1.807, 2.05) is 0 Å². The fourth-order valence-electron chi connectivity index (χ4n) is 1.14. The molecule has 0 aromatic heterocycles. The summed E-state index contributed by atoms with van der Waals surface area (Å²) in [7, 11) is 0. The van der Waals surface area contributed by atoms with E-state index in [9.17, 15) is 0 Å². The van der Waals surface area contributed by atoms with Crippen molar-refractivity contribution >= 4 is 0 Å².